The Bertz CT molecular complexity index is 762. The van der Waals surface area contributed by atoms with Gasteiger partial charge in [0, 0.05) is 52.9 Å². The highest BCUT2D eigenvalue weighted by Crippen LogP contribution is 2.24. The average Bonchev–Trinajstić information content (AvgIpc) is 3.12. The summed E-state index contributed by atoms with van der Waals surface area (Å²) < 4.78 is 5.35. The number of ether oxygens (including phenoxy) is 1. The summed E-state index contributed by atoms with van der Waals surface area (Å²) in [6.45, 7) is 6.39. The molecule has 1 N–H and O–H groups in total. The van der Waals surface area contributed by atoms with Crippen molar-refractivity contribution in [1.29, 1.82) is 0 Å². The fraction of sp³-hybridized carbons (Fsp3) is 0.636. The molecule has 0 bridgehead atoms. The van der Waals surface area contributed by atoms with Crippen molar-refractivity contribution in [3.8, 4) is 0 Å². The van der Waals surface area contributed by atoms with Crippen LogP contribution in [0.4, 0.5) is 0 Å². The molecule has 0 aromatic heterocycles. The minimum atomic E-state index is -0.149. The molecule has 0 aliphatic carbocycles. The van der Waals surface area contributed by atoms with E-state index in [1.807, 2.05) is 16.8 Å². The van der Waals surface area contributed by atoms with Crippen LogP contribution in [0.15, 0.2) is 18.2 Å². The van der Waals surface area contributed by atoms with E-state index in [2.05, 4.69) is 35.5 Å². The van der Waals surface area contributed by atoms with Crippen LogP contribution in [0, 0.1) is 11.8 Å². The zero-order chi connectivity index (χ0) is 20.4. The molecule has 1 aromatic carbocycles. The van der Waals surface area contributed by atoms with E-state index in [9.17, 15) is 9.59 Å². The lowest BCUT2D eigenvalue weighted by Gasteiger charge is -2.35. The fourth-order valence-corrected chi connectivity index (χ4v) is 4.74. The van der Waals surface area contributed by atoms with Crippen molar-refractivity contribution < 1.29 is 14.3 Å². The van der Waals surface area contributed by atoms with Crippen LogP contribution in [0.3, 0.4) is 0 Å². The summed E-state index contributed by atoms with van der Waals surface area (Å²) >= 11 is 0. The van der Waals surface area contributed by atoms with Crippen molar-refractivity contribution in [3.63, 3.8) is 0 Å². The van der Waals surface area contributed by atoms with Crippen LogP contribution in [0.25, 0.3) is 0 Å². The molecule has 2 amide bonds. The molecule has 4 rings (SSSR count). The van der Waals surface area contributed by atoms with E-state index in [0.29, 0.717) is 52.4 Å². The third-order valence-electron chi connectivity index (χ3n) is 6.32. The van der Waals surface area contributed by atoms with E-state index in [1.165, 1.54) is 16.7 Å². The summed E-state index contributed by atoms with van der Waals surface area (Å²) in [4.78, 5) is 31.9. The first-order valence-electron chi connectivity index (χ1n) is 10.6. The third kappa shape index (κ3) is 4.63. The van der Waals surface area contributed by atoms with Gasteiger partial charge < -0.3 is 19.9 Å². The SMILES string of the molecule is CN1Cc2ccc(CN(C)C(=O)[C@H]3CNC[C@@H](C(=O)N4CCOCC4)C3)cc2C1. The van der Waals surface area contributed by atoms with Crippen molar-refractivity contribution >= 4 is 11.8 Å². The van der Waals surface area contributed by atoms with Crippen LogP contribution in [0.1, 0.15) is 23.1 Å². The van der Waals surface area contributed by atoms with Gasteiger partial charge in [0.25, 0.3) is 0 Å². The molecule has 0 radical (unpaired) electrons. The number of carbonyl (C=O) groups excluding carboxylic acids is 2. The number of nitrogens with zero attached hydrogens (tertiary/aromatic N) is 3. The standard InChI is InChI=1S/C22H32N4O3/c1-24-14-17-4-3-16(9-20(17)15-24)13-25(2)21(27)18-10-19(12-23-11-18)22(28)26-5-7-29-8-6-26/h3-4,9,18-19,23H,5-8,10-15H2,1-2H3/t18-,19+/m1/s1. The van der Waals surface area contributed by atoms with Gasteiger partial charge in [0.05, 0.1) is 25.0 Å². The highest BCUT2D eigenvalue weighted by atomic mass is 16.5. The molecule has 3 aliphatic rings. The van der Waals surface area contributed by atoms with E-state index in [-0.39, 0.29) is 23.7 Å². The molecule has 0 saturated carbocycles. The van der Waals surface area contributed by atoms with Crippen molar-refractivity contribution in [3.05, 3.63) is 34.9 Å². The highest BCUT2D eigenvalue weighted by molar-refractivity contribution is 5.83. The summed E-state index contributed by atoms with van der Waals surface area (Å²) in [5.41, 5.74) is 3.91. The molecule has 7 heteroatoms. The molecule has 0 spiro atoms. The number of fused-ring (bicyclic) bond motifs is 1. The Hall–Kier alpha value is -1.96. The average molecular weight is 401 g/mol. The highest BCUT2D eigenvalue weighted by Gasteiger charge is 2.34. The minimum absolute atomic E-state index is 0.120. The molecule has 2 saturated heterocycles. The van der Waals surface area contributed by atoms with Gasteiger partial charge in [-0.15, -0.1) is 0 Å². The number of morpholine rings is 1. The Morgan fingerprint density at radius 1 is 1.14 bits per heavy atom. The van der Waals surface area contributed by atoms with Crippen LogP contribution in [-0.2, 0) is 34.0 Å². The molecular formula is C22H32N4O3. The summed E-state index contributed by atoms with van der Waals surface area (Å²) in [7, 11) is 4.00. The Balaban J connectivity index is 1.34. The number of carbonyl (C=O) groups is 2. The lowest BCUT2D eigenvalue weighted by molar-refractivity contribution is -0.143. The van der Waals surface area contributed by atoms with Gasteiger partial charge in [0.1, 0.15) is 0 Å². The van der Waals surface area contributed by atoms with Crippen LogP contribution in [0.5, 0.6) is 0 Å². The van der Waals surface area contributed by atoms with E-state index in [1.54, 1.807) is 0 Å². The van der Waals surface area contributed by atoms with Crippen LogP contribution in [0.2, 0.25) is 0 Å². The second-order valence-electron chi connectivity index (χ2n) is 8.70. The number of piperidine rings is 1. The molecule has 3 heterocycles. The van der Waals surface area contributed by atoms with Crippen molar-refractivity contribution in [2.75, 3.05) is 53.5 Å². The largest absolute Gasteiger partial charge is 0.378 e. The molecule has 158 valence electrons. The van der Waals surface area contributed by atoms with E-state index < -0.39 is 0 Å². The third-order valence-corrected chi connectivity index (χ3v) is 6.32. The monoisotopic (exact) mass is 400 g/mol. The van der Waals surface area contributed by atoms with E-state index in [0.717, 1.165) is 13.1 Å². The van der Waals surface area contributed by atoms with Gasteiger partial charge in [-0.05, 0) is 30.2 Å². The zero-order valence-electron chi connectivity index (χ0n) is 17.5. The van der Waals surface area contributed by atoms with Gasteiger partial charge in [-0.1, -0.05) is 18.2 Å². The molecule has 7 nitrogen and oxygen atoms in total. The lowest BCUT2D eigenvalue weighted by Crippen LogP contribution is -2.51. The number of hydrogen-bond donors (Lipinski definition) is 1. The number of amides is 2. The molecule has 2 atom stereocenters. The Labute approximate surface area is 173 Å². The molecule has 29 heavy (non-hydrogen) atoms. The predicted molar refractivity (Wildman–Crippen MR) is 110 cm³/mol. The van der Waals surface area contributed by atoms with Gasteiger partial charge in [-0.3, -0.25) is 14.5 Å². The van der Waals surface area contributed by atoms with Gasteiger partial charge in [-0.2, -0.15) is 0 Å². The normalized spacial score (nSPS) is 25.0. The zero-order valence-corrected chi connectivity index (χ0v) is 17.5. The number of rotatable bonds is 4. The topological polar surface area (TPSA) is 65.1 Å². The van der Waals surface area contributed by atoms with E-state index in [4.69, 9.17) is 4.74 Å². The Morgan fingerprint density at radius 2 is 1.86 bits per heavy atom. The number of benzene rings is 1. The van der Waals surface area contributed by atoms with E-state index >= 15 is 0 Å². The Morgan fingerprint density at radius 3 is 2.66 bits per heavy atom. The molecule has 1 aromatic rings. The van der Waals surface area contributed by atoms with Crippen LogP contribution in [-0.4, -0.2) is 80.0 Å². The maximum Gasteiger partial charge on any atom is 0.227 e. The maximum atomic E-state index is 13.1. The summed E-state index contributed by atoms with van der Waals surface area (Å²) in [5, 5.41) is 3.31. The number of nitrogens with one attached hydrogen (secondary N) is 1. The van der Waals surface area contributed by atoms with Crippen molar-refractivity contribution in [2.45, 2.75) is 26.1 Å². The fourth-order valence-electron chi connectivity index (χ4n) is 4.74. The van der Waals surface area contributed by atoms with Crippen LogP contribution < -0.4 is 5.32 Å². The quantitative estimate of drug-likeness (QED) is 0.805. The summed E-state index contributed by atoms with van der Waals surface area (Å²) in [5.74, 6) is 0.00215. The van der Waals surface area contributed by atoms with Gasteiger partial charge >= 0.3 is 0 Å². The smallest absolute Gasteiger partial charge is 0.227 e. The summed E-state index contributed by atoms with van der Waals surface area (Å²) in [6.07, 6.45) is 0.626. The molecule has 3 aliphatic heterocycles. The van der Waals surface area contributed by atoms with Crippen molar-refractivity contribution in [2.24, 2.45) is 11.8 Å². The van der Waals surface area contributed by atoms with Crippen LogP contribution >= 0.6 is 0 Å². The first-order chi connectivity index (χ1) is 14.0. The number of hydrogen-bond acceptors (Lipinski definition) is 5. The first-order valence-corrected chi connectivity index (χ1v) is 10.6. The van der Waals surface area contributed by atoms with Gasteiger partial charge in [-0.25, -0.2) is 0 Å². The maximum absolute atomic E-state index is 13.1. The van der Waals surface area contributed by atoms with Gasteiger partial charge in [0.15, 0.2) is 0 Å². The predicted octanol–water partition coefficient (Wildman–Crippen LogP) is 0.675. The van der Waals surface area contributed by atoms with Gasteiger partial charge in [0.2, 0.25) is 11.8 Å². The second kappa shape index (κ2) is 8.81. The molecule has 2 fully saturated rings. The lowest BCUT2D eigenvalue weighted by atomic mass is 9.88. The Kier molecular flexibility index (Phi) is 6.18. The molecular weight excluding hydrogens is 368 g/mol. The second-order valence-corrected chi connectivity index (χ2v) is 8.70. The van der Waals surface area contributed by atoms with Crippen molar-refractivity contribution in [1.82, 2.24) is 20.0 Å². The minimum Gasteiger partial charge on any atom is -0.378 e. The first kappa shape index (κ1) is 20.3. The molecule has 0 unspecified atom stereocenters. The summed E-state index contributed by atoms with van der Waals surface area (Å²) in [6, 6.07) is 6.55.